The summed E-state index contributed by atoms with van der Waals surface area (Å²) in [6.07, 6.45) is 9.89. The van der Waals surface area contributed by atoms with Gasteiger partial charge in [-0.3, -0.25) is 0 Å². The van der Waals surface area contributed by atoms with Crippen LogP contribution >= 0.6 is 0 Å². The number of rotatable bonds is 7. The lowest BCUT2D eigenvalue weighted by molar-refractivity contribution is 0.553. The van der Waals surface area contributed by atoms with Gasteiger partial charge in [0.15, 0.2) is 0 Å². The van der Waals surface area contributed by atoms with E-state index in [9.17, 15) is 0 Å². The first-order chi connectivity index (χ1) is 21.1. The minimum Gasteiger partial charge on any atom is -0.344 e. The van der Waals surface area contributed by atoms with Crippen LogP contribution in [0.1, 0.15) is 5.56 Å². The quantitative estimate of drug-likeness (QED) is 0.442. The SMILES string of the molecule is CN1CCN(C)C1=N/C=C/C=C(\C=C\N=C1N(C)CCN1C)c1ccc(N=C2N(C)CCN2C)c(N=C2N(C)CCN2C)c1. The average molecular weight is 601 g/mol. The molecule has 4 heterocycles. The maximum Gasteiger partial charge on any atom is 0.201 e. The molecule has 12 heteroatoms. The van der Waals surface area contributed by atoms with Crippen LogP contribution in [0.4, 0.5) is 11.4 Å². The monoisotopic (exact) mass is 600 g/mol. The first-order valence-electron chi connectivity index (χ1n) is 15.3. The van der Waals surface area contributed by atoms with Gasteiger partial charge in [-0.15, -0.1) is 0 Å². The molecular weight excluding hydrogens is 552 g/mol. The van der Waals surface area contributed by atoms with Crippen molar-refractivity contribution in [2.45, 2.75) is 0 Å². The van der Waals surface area contributed by atoms with Gasteiger partial charge in [-0.05, 0) is 35.4 Å². The Morgan fingerprint density at radius 1 is 0.523 bits per heavy atom. The van der Waals surface area contributed by atoms with E-state index in [1.54, 1.807) is 0 Å². The van der Waals surface area contributed by atoms with Crippen molar-refractivity contribution in [1.82, 2.24) is 39.2 Å². The molecule has 0 N–H and O–H groups in total. The number of aliphatic imine (C=N–C) groups is 4. The Bertz CT molecular complexity index is 1370. The summed E-state index contributed by atoms with van der Waals surface area (Å²) in [5.41, 5.74) is 3.71. The molecule has 4 saturated heterocycles. The van der Waals surface area contributed by atoms with Gasteiger partial charge in [-0.25, -0.2) is 20.0 Å². The fraction of sp³-hybridized carbons (Fsp3) is 0.500. The number of guanidine groups is 4. The van der Waals surface area contributed by atoms with Crippen molar-refractivity contribution in [1.29, 1.82) is 0 Å². The van der Waals surface area contributed by atoms with E-state index in [4.69, 9.17) is 20.0 Å². The summed E-state index contributed by atoms with van der Waals surface area (Å²) in [6.45, 7) is 7.70. The zero-order chi connectivity index (χ0) is 31.4. The van der Waals surface area contributed by atoms with E-state index in [2.05, 4.69) is 126 Å². The van der Waals surface area contributed by atoms with E-state index in [-0.39, 0.29) is 0 Å². The van der Waals surface area contributed by atoms with Gasteiger partial charge in [-0.1, -0.05) is 12.1 Å². The molecule has 4 aliphatic heterocycles. The molecule has 12 nitrogen and oxygen atoms in total. The van der Waals surface area contributed by atoms with Crippen LogP contribution in [0.15, 0.2) is 68.8 Å². The van der Waals surface area contributed by atoms with Gasteiger partial charge in [0.25, 0.3) is 0 Å². The van der Waals surface area contributed by atoms with Crippen molar-refractivity contribution in [3.63, 3.8) is 0 Å². The number of benzene rings is 1. The standard InChI is InChI=1S/C32H48N12/c1-37-16-17-38(2)29(37)33-14-9-10-25(13-15-34-30-39(3)18-19-40(30)4)26-11-12-27(35-31-41(5)20-21-42(31)6)28(24-26)36-32-43(7)22-23-44(32)8/h9-15,24H,16-23H2,1-8H3/b14-9+,15-13+,25-10+. The second kappa shape index (κ2) is 13.4. The summed E-state index contributed by atoms with van der Waals surface area (Å²) in [7, 11) is 16.7. The lowest BCUT2D eigenvalue weighted by Crippen LogP contribution is -2.28. The Morgan fingerprint density at radius 3 is 1.41 bits per heavy atom. The first kappa shape index (κ1) is 31.0. The number of hydrogen-bond donors (Lipinski definition) is 0. The maximum absolute atomic E-state index is 5.17. The van der Waals surface area contributed by atoms with E-state index in [0.29, 0.717) is 0 Å². The topological polar surface area (TPSA) is 75.4 Å². The smallest absolute Gasteiger partial charge is 0.201 e. The number of likely N-dealkylation sites (N-methyl/N-ethyl adjacent to an activating group) is 8. The molecule has 0 aliphatic carbocycles. The number of hydrogen-bond acceptors (Lipinski definition) is 4. The summed E-state index contributed by atoms with van der Waals surface area (Å²) in [6, 6.07) is 6.33. The normalized spacial score (nSPS) is 19.9. The lowest BCUT2D eigenvalue weighted by Gasteiger charge is -2.18. The largest absolute Gasteiger partial charge is 0.344 e. The van der Waals surface area contributed by atoms with E-state index in [1.165, 1.54) is 0 Å². The second-order valence-corrected chi connectivity index (χ2v) is 12.0. The third kappa shape index (κ3) is 6.84. The fourth-order valence-electron chi connectivity index (χ4n) is 5.69. The van der Waals surface area contributed by atoms with Gasteiger partial charge in [0.05, 0.1) is 11.4 Å². The predicted octanol–water partition coefficient (Wildman–Crippen LogP) is 2.29. The summed E-state index contributed by atoms with van der Waals surface area (Å²) < 4.78 is 0. The predicted molar refractivity (Wildman–Crippen MR) is 183 cm³/mol. The molecular formula is C32H48N12. The van der Waals surface area contributed by atoms with Crippen molar-refractivity contribution >= 4 is 40.8 Å². The molecule has 44 heavy (non-hydrogen) atoms. The Hall–Kier alpha value is -4.48. The highest BCUT2D eigenvalue weighted by Crippen LogP contribution is 2.34. The zero-order valence-corrected chi connectivity index (χ0v) is 27.6. The molecule has 0 atom stereocenters. The molecule has 236 valence electrons. The second-order valence-electron chi connectivity index (χ2n) is 12.0. The molecule has 1 aromatic rings. The number of nitrogens with zero attached hydrogens (tertiary/aromatic N) is 12. The van der Waals surface area contributed by atoms with Gasteiger partial charge in [0, 0.05) is 121 Å². The minimum atomic E-state index is 0.832. The lowest BCUT2D eigenvalue weighted by atomic mass is 10.0. The third-order valence-electron chi connectivity index (χ3n) is 8.56. The van der Waals surface area contributed by atoms with E-state index in [1.807, 2.05) is 18.5 Å². The molecule has 0 spiro atoms. The summed E-state index contributed by atoms with van der Waals surface area (Å²) in [5.74, 6) is 3.83. The molecule has 0 bridgehead atoms. The van der Waals surface area contributed by atoms with E-state index < -0.39 is 0 Å². The maximum atomic E-state index is 5.17. The molecule has 0 radical (unpaired) electrons. The van der Waals surface area contributed by atoms with Crippen LogP contribution in [0.2, 0.25) is 0 Å². The van der Waals surface area contributed by atoms with Gasteiger partial charge < -0.3 is 39.2 Å². The Labute approximate surface area is 262 Å². The van der Waals surface area contributed by atoms with Gasteiger partial charge in [-0.2, -0.15) is 0 Å². The Morgan fingerprint density at radius 2 is 0.932 bits per heavy atom. The highest BCUT2D eigenvalue weighted by molar-refractivity contribution is 5.91. The molecule has 0 unspecified atom stereocenters. The van der Waals surface area contributed by atoms with Gasteiger partial charge in [0.1, 0.15) is 0 Å². The Balaban J connectivity index is 1.55. The van der Waals surface area contributed by atoms with Crippen molar-refractivity contribution in [3.05, 3.63) is 54.4 Å². The molecule has 4 fully saturated rings. The van der Waals surface area contributed by atoms with Crippen LogP contribution < -0.4 is 0 Å². The highest BCUT2D eigenvalue weighted by atomic mass is 15.4. The van der Waals surface area contributed by atoms with E-state index in [0.717, 1.165) is 98.7 Å². The van der Waals surface area contributed by atoms with Crippen LogP contribution in [-0.2, 0) is 0 Å². The molecule has 4 aliphatic rings. The molecule has 0 aromatic heterocycles. The van der Waals surface area contributed by atoms with Gasteiger partial charge in [0.2, 0.25) is 23.8 Å². The zero-order valence-electron chi connectivity index (χ0n) is 27.6. The van der Waals surface area contributed by atoms with Crippen molar-refractivity contribution in [3.8, 4) is 0 Å². The molecule has 0 saturated carbocycles. The van der Waals surface area contributed by atoms with Crippen LogP contribution in [-0.4, -0.2) is 172 Å². The molecule has 1 aromatic carbocycles. The summed E-state index contributed by atoms with van der Waals surface area (Å²) in [4.78, 5) is 37.2. The van der Waals surface area contributed by atoms with Crippen molar-refractivity contribution < 1.29 is 0 Å². The molecule has 0 amide bonds. The van der Waals surface area contributed by atoms with Crippen molar-refractivity contribution in [2.24, 2.45) is 20.0 Å². The van der Waals surface area contributed by atoms with Crippen LogP contribution in [0.3, 0.4) is 0 Å². The van der Waals surface area contributed by atoms with Crippen LogP contribution in [0.25, 0.3) is 5.57 Å². The first-order valence-corrected chi connectivity index (χ1v) is 15.3. The fourth-order valence-corrected chi connectivity index (χ4v) is 5.69. The Kier molecular flexibility index (Phi) is 9.46. The highest BCUT2D eigenvalue weighted by Gasteiger charge is 2.23. The van der Waals surface area contributed by atoms with Crippen LogP contribution in [0, 0.1) is 0 Å². The number of allylic oxidation sites excluding steroid dienone is 4. The summed E-state index contributed by atoms with van der Waals surface area (Å²) in [5, 5.41) is 0. The van der Waals surface area contributed by atoms with Gasteiger partial charge >= 0.3 is 0 Å². The average Bonchev–Trinajstić information content (AvgIpc) is 3.71. The van der Waals surface area contributed by atoms with Crippen LogP contribution in [0.5, 0.6) is 0 Å². The van der Waals surface area contributed by atoms with Crippen molar-refractivity contribution in [2.75, 3.05) is 109 Å². The minimum absolute atomic E-state index is 0.832. The van der Waals surface area contributed by atoms with E-state index >= 15 is 0 Å². The molecule has 5 rings (SSSR count). The third-order valence-corrected chi connectivity index (χ3v) is 8.56. The summed E-state index contributed by atoms with van der Waals surface area (Å²) >= 11 is 0.